The van der Waals surface area contributed by atoms with Gasteiger partial charge in [-0.3, -0.25) is 4.79 Å². The molecule has 0 N–H and O–H groups in total. The Kier molecular flexibility index (Phi) is 7.12. The summed E-state index contributed by atoms with van der Waals surface area (Å²) in [6, 6.07) is 11.9. The molecule has 1 amide bonds. The Bertz CT molecular complexity index is 1190. The van der Waals surface area contributed by atoms with Gasteiger partial charge in [-0.15, -0.1) is 0 Å². The molecular weight excluding hydrogens is 433 g/mol. The summed E-state index contributed by atoms with van der Waals surface area (Å²) in [5.41, 5.74) is 4.27. The van der Waals surface area contributed by atoms with Crippen LogP contribution in [-0.4, -0.2) is 47.2 Å². The first kappa shape index (κ1) is 23.7. The van der Waals surface area contributed by atoms with Crippen molar-refractivity contribution in [2.24, 2.45) is 0 Å². The lowest BCUT2D eigenvalue weighted by molar-refractivity contribution is -0.134. The second-order valence-corrected chi connectivity index (χ2v) is 8.56. The van der Waals surface area contributed by atoms with Crippen LogP contribution in [0.5, 0.6) is 5.75 Å². The van der Waals surface area contributed by atoms with Crippen LogP contribution >= 0.6 is 0 Å². The number of likely N-dealkylation sites (tertiary alicyclic amines) is 1. The van der Waals surface area contributed by atoms with Gasteiger partial charge in [-0.05, 0) is 68.2 Å². The number of aryl methyl sites for hydroxylation is 1. The maximum Gasteiger partial charge on any atom is 0.250 e. The van der Waals surface area contributed by atoms with Crippen LogP contribution in [0.15, 0.2) is 60.6 Å². The highest BCUT2D eigenvalue weighted by Crippen LogP contribution is 2.33. The summed E-state index contributed by atoms with van der Waals surface area (Å²) in [5.74, 6) is 0.364. The molecular formula is C27H30FN3O3. The van der Waals surface area contributed by atoms with Crippen LogP contribution in [0.4, 0.5) is 4.39 Å². The number of imidazole rings is 1. The van der Waals surface area contributed by atoms with Crippen LogP contribution in [-0.2, 0) is 9.53 Å². The summed E-state index contributed by atoms with van der Waals surface area (Å²) in [4.78, 5) is 19.7. The van der Waals surface area contributed by atoms with E-state index in [2.05, 4.69) is 4.98 Å². The molecule has 4 rings (SSSR count). The third-order valence-corrected chi connectivity index (χ3v) is 6.28. The number of carbonyl (C=O) groups excluding carboxylic acids is 1. The molecule has 6 nitrogen and oxygen atoms in total. The van der Waals surface area contributed by atoms with Crippen molar-refractivity contribution in [1.29, 1.82) is 0 Å². The number of rotatable bonds is 7. The first-order valence-electron chi connectivity index (χ1n) is 11.4. The smallest absolute Gasteiger partial charge is 0.250 e. The van der Waals surface area contributed by atoms with Gasteiger partial charge in [-0.2, -0.15) is 0 Å². The Morgan fingerprint density at radius 2 is 1.91 bits per heavy atom. The molecule has 0 radical (unpaired) electrons. The van der Waals surface area contributed by atoms with Gasteiger partial charge in [0.25, 0.3) is 0 Å². The quantitative estimate of drug-likeness (QED) is 0.457. The molecule has 0 aliphatic carbocycles. The molecule has 1 fully saturated rings. The monoisotopic (exact) mass is 463 g/mol. The number of carbonyl (C=O) groups is 1. The number of nitrogens with zero attached hydrogens (tertiary/aromatic N) is 3. The predicted molar refractivity (Wildman–Crippen MR) is 129 cm³/mol. The number of benzene rings is 2. The van der Waals surface area contributed by atoms with Crippen molar-refractivity contribution in [3.63, 3.8) is 0 Å². The topological polar surface area (TPSA) is 56.6 Å². The highest BCUT2D eigenvalue weighted by atomic mass is 19.1. The molecule has 1 aliphatic rings. The minimum absolute atomic E-state index is 0.0299. The van der Waals surface area contributed by atoms with Crippen molar-refractivity contribution < 1.29 is 18.7 Å². The fourth-order valence-electron chi connectivity index (χ4n) is 4.48. The molecule has 7 heteroatoms. The number of halogens is 1. The van der Waals surface area contributed by atoms with Crippen LogP contribution in [0.3, 0.4) is 0 Å². The SMILES string of the molecule is COc1cc(/C=C2\CCCN(C(c3ccc(F)cc3)[C@@H](C)OC)C2=O)ccc1-n1cnc(C)c1. The fourth-order valence-corrected chi connectivity index (χ4v) is 4.48. The van der Waals surface area contributed by atoms with Gasteiger partial charge in [0.1, 0.15) is 11.6 Å². The van der Waals surface area contributed by atoms with Crippen LogP contribution in [0.2, 0.25) is 0 Å². The van der Waals surface area contributed by atoms with Crippen LogP contribution in [0.25, 0.3) is 11.8 Å². The molecule has 1 aliphatic heterocycles. The molecule has 0 spiro atoms. The van der Waals surface area contributed by atoms with Gasteiger partial charge >= 0.3 is 0 Å². The second-order valence-electron chi connectivity index (χ2n) is 8.56. The first-order chi connectivity index (χ1) is 16.4. The molecule has 0 saturated carbocycles. The van der Waals surface area contributed by atoms with Crippen molar-refractivity contribution >= 4 is 12.0 Å². The maximum atomic E-state index is 13.6. The first-order valence-corrected chi connectivity index (χ1v) is 11.4. The Labute approximate surface area is 199 Å². The largest absolute Gasteiger partial charge is 0.495 e. The molecule has 1 aromatic heterocycles. The zero-order valence-electron chi connectivity index (χ0n) is 20.0. The molecule has 2 atom stereocenters. The van der Waals surface area contributed by atoms with Crippen LogP contribution < -0.4 is 4.74 Å². The van der Waals surface area contributed by atoms with Crippen molar-refractivity contribution in [2.75, 3.05) is 20.8 Å². The molecule has 34 heavy (non-hydrogen) atoms. The van der Waals surface area contributed by atoms with Gasteiger partial charge in [0.2, 0.25) is 5.91 Å². The highest BCUT2D eigenvalue weighted by Gasteiger charge is 2.33. The van der Waals surface area contributed by atoms with E-state index in [0.717, 1.165) is 34.5 Å². The molecule has 1 saturated heterocycles. The summed E-state index contributed by atoms with van der Waals surface area (Å²) >= 11 is 0. The molecule has 3 aromatic rings. The van der Waals surface area contributed by atoms with Gasteiger partial charge in [0, 0.05) is 25.4 Å². The normalized spacial score (nSPS) is 17.1. The Hall–Kier alpha value is -3.45. The predicted octanol–water partition coefficient (Wildman–Crippen LogP) is 5.11. The molecule has 178 valence electrons. The van der Waals surface area contributed by atoms with E-state index in [0.29, 0.717) is 18.7 Å². The zero-order chi connectivity index (χ0) is 24.2. The fraction of sp³-hybridized carbons (Fsp3) is 0.333. The van der Waals surface area contributed by atoms with E-state index in [1.807, 2.05) is 53.8 Å². The van der Waals surface area contributed by atoms with E-state index in [4.69, 9.17) is 9.47 Å². The molecule has 1 unspecified atom stereocenters. The lowest BCUT2D eigenvalue weighted by atomic mass is 9.94. The van der Waals surface area contributed by atoms with E-state index >= 15 is 0 Å². The maximum absolute atomic E-state index is 13.6. The lowest BCUT2D eigenvalue weighted by Crippen LogP contribution is -2.44. The molecule has 2 heterocycles. The number of hydrogen-bond donors (Lipinski definition) is 0. The highest BCUT2D eigenvalue weighted by molar-refractivity contribution is 5.99. The average Bonchev–Trinajstić information content (AvgIpc) is 3.28. The van der Waals surface area contributed by atoms with Gasteiger partial charge < -0.3 is 18.9 Å². The lowest BCUT2D eigenvalue weighted by Gasteiger charge is -2.38. The molecule has 2 aromatic carbocycles. The van der Waals surface area contributed by atoms with Crippen molar-refractivity contribution in [1.82, 2.24) is 14.5 Å². The summed E-state index contributed by atoms with van der Waals surface area (Å²) in [6.45, 7) is 4.49. The minimum atomic E-state index is -0.304. The van der Waals surface area contributed by atoms with Crippen molar-refractivity contribution in [2.45, 2.75) is 38.8 Å². The third-order valence-electron chi connectivity index (χ3n) is 6.28. The summed E-state index contributed by atoms with van der Waals surface area (Å²) in [7, 11) is 3.26. The molecule has 0 bridgehead atoms. The van der Waals surface area contributed by atoms with E-state index < -0.39 is 0 Å². The van der Waals surface area contributed by atoms with Crippen LogP contribution in [0, 0.1) is 12.7 Å². The summed E-state index contributed by atoms with van der Waals surface area (Å²) in [5, 5.41) is 0. The Balaban J connectivity index is 1.64. The van der Waals surface area contributed by atoms with Crippen molar-refractivity contribution in [3.8, 4) is 11.4 Å². The Morgan fingerprint density at radius 1 is 1.15 bits per heavy atom. The van der Waals surface area contributed by atoms with E-state index in [9.17, 15) is 9.18 Å². The van der Waals surface area contributed by atoms with Gasteiger partial charge in [-0.25, -0.2) is 9.37 Å². The number of hydrogen-bond acceptors (Lipinski definition) is 4. The van der Waals surface area contributed by atoms with Crippen molar-refractivity contribution in [3.05, 3.63) is 83.2 Å². The Morgan fingerprint density at radius 3 is 2.56 bits per heavy atom. The third kappa shape index (κ3) is 4.89. The number of methoxy groups -OCH3 is 2. The van der Waals surface area contributed by atoms with Crippen LogP contribution in [0.1, 0.15) is 42.6 Å². The van der Waals surface area contributed by atoms with Gasteiger partial charge in [0.05, 0.1) is 37.0 Å². The number of ether oxygens (including phenoxy) is 2. The van der Waals surface area contributed by atoms with E-state index in [1.54, 1.807) is 32.7 Å². The summed E-state index contributed by atoms with van der Waals surface area (Å²) in [6.07, 6.45) is 6.91. The number of piperidine rings is 1. The minimum Gasteiger partial charge on any atom is -0.495 e. The van der Waals surface area contributed by atoms with E-state index in [1.165, 1.54) is 12.1 Å². The second kappa shape index (κ2) is 10.2. The number of aromatic nitrogens is 2. The van der Waals surface area contributed by atoms with E-state index in [-0.39, 0.29) is 23.9 Å². The zero-order valence-corrected chi connectivity index (χ0v) is 20.0. The van der Waals surface area contributed by atoms with Gasteiger partial charge in [-0.1, -0.05) is 18.2 Å². The number of amides is 1. The standard InChI is InChI=1S/C27H30FN3O3/c1-18-16-30(17-29-18)24-12-7-20(15-25(24)34-4)14-22-6-5-13-31(27(22)32)26(19(2)33-3)21-8-10-23(28)11-9-21/h7-12,14-17,19,26H,5-6,13H2,1-4H3/b22-14+/t19-,26?/m1/s1. The average molecular weight is 464 g/mol. The summed E-state index contributed by atoms with van der Waals surface area (Å²) < 4.78 is 26.7. The van der Waals surface area contributed by atoms with Gasteiger partial charge in [0.15, 0.2) is 0 Å².